The van der Waals surface area contributed by atoms with Gasteiger partial charge >= 0.3 is 0 Å². The van der Waals surface area contributed by atoms with Crippen molar-refractivity contribution in [1.82, 2.24) is 20.5 Å². The summed E-state index contributed by atoms with van der Waals surface area (Å²) in [5.74, 6) is 1.13. The normalized spacial score (nSPS) is 20.8. The van der Waals surface area contributed by atoms with E-state index < -0.39 is 6.04 Å². The maximum absolute atomic E-state index is 12.8. The Morgan fingerprint density at radius 2 is 1.79 bits per heavy atom. The molecule has 1 saturated carbocycles. The van der Waals surface area contributed by atoms with Crippen molar-refractivity contribution in [3.8, 4) is 11.4 Å². The van der Waals surface area contributed by atoms with Gasteiger partial charge in [0.15, 0.2) is 11.5 Å². The van der Waals surface area contributed by atoms with Crippen LogP contribution in [0.25, 0.3) is 11.4 Å². The van der Waals surface area contributed by atoms with Crippen LogP contribution in [0.2, 0.25) is 0 Å². The fraction of sp³-hybridized carbons (Fsp3) is 0.565. The second-order valence-electron chi connectivity index (χ2n) is 9.14. The van der Waals surface area contributed by atoms with Gasteiger partial charge in [-0.2, -0.15) is 0 Å². The first-order valence-electron chi connectivity index (χ1n) is 10.6. The third-order valence-electron chi connectivity index (χ3n) is 6.15. The van der Waals surface area contributed by atoms with Crippen molar-refractivity contribution in [3.05, 3.63) is 46.4 Å². The lowest BCUT2D eigenvalue weighted by atomic mass is 9.69. The van der Waals surface area contributed by atoms with E-state index in [0.29, 0.717) is 18.2 Å². The highest BCUT2D eigenvalue weighted by Gasteiger charge is 2.33. The van der Waals surface area contributed by atoms with E-state index in [0.717, 1.165) is 31.2 Å². The van der Waals surface area contributed by atoms with Gasteiger partial charge in [0.05, 0.1) is 6.04 Å². The van der Waals surface area contributed by atoms with E-state index in [4.69, 9.17) is 0 Å². The minimum Gasteiger partial charge on any atom is -0.347 e. The van der Waals surface area contributed by atoms with Gasteiger partial charge in [0, 0.05) is 11.5 Å². The largest absolute Gasteiger partial charge is 0.347 e. The molecule has 6 heteroatoms. The van der Waals surface area contributed by atoms with E-state index >= 15 is 0 Å². The Hall–Kier alpha value is -2.50. The second kappa shape index (κ2) is 8.89. The highest BCUT2D eigenvalue weighted by atomic mass is 16.2. The van der Waals surface area contributed by atoms with Crippen LogP contribution in [0.4, 0.5) is 0 Å². The van der Waals surface area contributed by atoms with Crippen molar-refractivity contribution in [2.75, 3.05) is 0 Å². The smallest absolute Gasteiger partial charge is 0.275 e. The number of H-pyrrole nitrogens is 1. The topological polar surface area (TPSA) is 87.7 Å². The third kappa shape index (κ3) is 5.11. The Balaban J connectivity index is 1.67. The molecule has 0 radical (unpaired) electrons. The lowest BCUT2D eigenvalue weighted by Crippen LogP contribution is -2.39. The zero-order chi connectivity index (χ0) is 21.0. The molecule has 156 valence electrons. The zero-order valence-corrected chi connectivity index (χ0v) is 17.9. The van der Waals surface area contributed by atoms with Gasteiger partial charge in [-0.1, -0.05) is 58.0 Å². The van der Waals surface area contributed by atoms with Crippen LogP contribution in [-0.2, 0) is 4.79 Å². The molecule has 1 atom stereocenters. The van der Waals surface area contributed by atoms with Crippen LogP contribution in [0.3, 0.4) is 0 Å². The van der Waals surface area contributed by atoms with Crippen LogP contribution in [0.5, 0.6) is 0 Å². The van der Waals surface area contributed by atoms with Gasteiger partial charge in [-0.05, 0) is 43.4 Å². The number of hydrogen-bond acceptors (Lipinski definition) is 4. The summed E-state index contributed by atoms with van der Waals surface area (Å²) in [5, 5.41) is 11.4. The van der Waals surface area contributed by atoms with Crippen molar-refractivity contribution in [1.29, 1.82) is 0 Å². The lowest BCUT2D eigenvalue weighted by Gasteiger charge is -2.36. The van der Waals surface area contributed by atoms with Gasteiger partial charge in [0.2, 0.25) is 5.91 Å². The molecule has 29 heavy (non-hydrogen) atoms. The number of aromatic amines is 1. The molecular formula is C23H32N4O2. The Morgan fingerprint density at radius 1 is 1.14 bits per heavy atom. The van der Waals surface area contributed by atoms with E-state index in [1.54, 1.807) is 0 Å². The molecule has 1 amide bonds. The number of amides is 1. The van der Waals surface area contributed by atoms with E-state index in [1.165, 1.54) is 0 Å². The summed E-state index contributed by atoms with van der Waals surface area (Å²) in [7, 11) is 0. The maximum atomic E-state index is 12.8. The lowest BCUT2D eigenvalue weighted by molar-refractivity contribution is -0.127. The Bertz CT molecular complexity index is 878. The van der Waals surface area contributed by atoms with Gasteiger partial charge in [0.25, 0.3) is 5.56 Å². The number of carbonyl (C=O) groups excluding carboxylic acids is 1. The molecule has 1 fully saturated rings. The van der Waals surface area contributed by atoms with E-state index in [1.807, 2.05) is 37.3 Å². The SMILES string of the molecule is CCC(NC(=O)C1CCC(C(C)(C)C)CC1)c1nnc(-c2ccccc2)[nH]c1=O. The van der Waals surface area contributed by atoms with Gasteiger partial charge < -0.3 is 10.3 Å². The average Bonchev–Trinajstić information content (AvgIpc) is 2.72. The van der Waals surface area contributed by atoms with Crippen LogP contribution in [0, 0.1) is 17.3 Å². The molecule has 2 N–H and O–H groups in total. The minimum atomic E-state index is -0.427. The predicted octanol–water partition coefficient (Wildman–Crippen LogP) is 4.25. The van der Waals surface area contributed by atoms with Crippen LogP contribution in [0.1, 0.15) is 71.5 Å². The fourth-order valence-corrected chi connectivity index (χ4v) is 4.17. The first-order valence-corrected chi connectivity index (χ1v) is 10.6. The third-order valence-corrected chi connectivity index (χ3v) is 6.15. The van der Waals surface area contributed by atoms with Crippen LogP contribution in [0.15, 0.2) is 35.1 Å². The molecule has 2 aromatic rings. The molecule has 0 aliphatic heterocycles. The van der Waals surface area contributed by atoms with Crippen molar-refractivity contribution in [3.63, 3.8) is 0 Å². The molecule has 1 unspecified atom stereocenters. The summed E-state index contributed by atoms with van der Waals surface area (Å²) in [6, 6.07) is 8.98. The highest BCUT2D eigenvalue weighted by Crippen LogP contribution is 2.40. The summed E-state index contributed by atoms with van der Waals surface area (Å²) >= 11 is 0. The van der Waals surface area contributed by atoms with Gasteiger partial charge in [0.1, 0.15) is 0 Å². The number of nitrogens with one attached hydrogen (secondary N) is 2. The molecule has 6 nitrogen and oxygen atoms in total. The average molecular weight is 397 g/mol. The number of carbonyl (C=O) groups is 1. The molecule has 1 heterocycles. The Morgan fingerprint density at radius 3 is 2.34 bits per heavy atom. The number of benzene rings is 1. The molecule has 0 saturated heterocycles. The van der Waals surface area contributed by atoms with Crippen molar-refractivity contribution in [2.24, 2.45) is 17.3 Å². The summed E-state index contributed by atoms with van der Waals surface area (Å²) in [4.78, 5) is 28.2. The summed E-state index contributed by atoms with van der Waals surface area (Å²) in [5.41, 5.74) is 1.05. The van der Waals surface area contributed by atoms with Gasteiger partial charge in [-0.15, -0.1) is 10.2 Å². The number of rotatable bonds is 5. The Labute approximate surface area is 172 Å². The number of aromatic nitrogens is 3. The fourth-order valence-electron chi connectivity index (χ4n) is 4.17. The van der Waals surface area contributed by atoms with Crippen LogP contribution >= 0.6 is 0 Å². The predicted molar refractivity (Wildman–Crippen MR) is 114 cm³/mol. The summed E-state index contributed by atoms with van der Waals surface area (Å²) in [6.07, 6.45) is 4.54. The van der Waals surface area contributed by atoms with Gasteiger partial charge in [-0.25, -0.2) is 0 Å². The molecular weight excluding hydrogens is 364 g/mol. The molecule has 3 rings (SSSR count). The zero-order valence-electron chi connectivity index (χ0n) is 17.9. The highest BCUT2D eigenvalue weighted by molar-refractivity contribution is 5.79. The molecule has 1 aliphatic rings. The van der Waals surface area contributed by atoms with Crippen LogP contribution in [-0.4, -0.2) is 21.1 Å². The standard InChI is InChI=1S/C23H32N4O2/c1-5-18(24-21(28)16-11-13-17(14-12-16)23(2,3)4)19-22(29)25-20(27-26-19)15-9-7-6-8-10-15/h6-10,16-18H,5,11-14H2,1-4H3,(H,24,28)(H,25,27,29). The van der Waals surface area contributed by atoms with E-state index in [2.05, 4.69) is 41.3 Å². The quantitative estimate of drug-likeness (QED) is 0.791. The summed E-state index contributed by atoms with van der Waals surface area (Å²) < 4.78 is 0. The van der Waals surface area contributed by atoms with Crippen LogP contribution < -0.4 is 10.9 Å². The van der Waals surface area contributed by atoms with Crippen molar-refractivity contribution in [2.45, 2.75) is 65.8 Å². The second-order valence-corrected chi connectivity index (χ2v) is 9.14. The molecule has 0 bridgehead atoms. The number of nitrogens with zero attached hydrogens (tertiary/aromatic N) is 2. The van der Waals surface area contributed by atoms with E-state index in [9.17, 15) is 9.59 Å². The molecule has 1 aromatic heterocycles. The van der Waals surface area contributed by atoms with Gasteiger partial charge in [-0.3, -0.25) is 9.59 Å². The molecule has 1 aliphatic carbocycles. The maximum Gasteiger partial charge on any atom is 0.275 e. The first-order chi connectivity index (χ1) is 13.8. The minimum absolute atomic E-state index is 0.0123. The van der Waals surface area contributed by atoms with Crippen molar-refractivity contribution < 1.29 is 4.79 Å². The molecule has 0 spiro atoms. The summed E-state index contributed by atoms with van der Waals surface area (Å²) in [6.45, 7) is 8.76. The monoisotopic (exact) mass is 396 g/mol. The first kappa shape index (κ1) is 21.2. The molecule has 1 aromatic carbocycles. The van der Waals surface area contributed by atoms with E-state index in [-0.39, 0.29) is 28.5 Å². The van der Waals surface area contributed by atoms with Crippen molar-refractivity contribution >= 4 is 5.91 Å². The number of hydrogen-bond donors (Lipinski definition) is 2. The Kier molecular flexibility index (Phi) is 6.50.